The molecular weight excluding hydrogens is 300 g/mol. The van der Waals surface area contributed by atoms with Crippen molar-refractivity contribution in [3.8, 4) is 0 Å². The molecule has 0 bridgehead atoms. The van der Waals surface area contributed by atoms with E-state index in [1.165, 1.54) is 0 Å². The molecule has 0 aliphatic carbocycles. The normalized spacial score (nSPS) is 10.9. The molecule has 3 nitrogen and oxygen atoms in total. The van der Waals surface area contributed by atoms with Crippen molar-refractivity contribution in [3.05, 3.63) is 28.9 Å². The molecule has 2 N–H and O–H groups in total. The summed E-state index contributed by atoms with van der Waals surface area (Å²) >= 11 is 5.14. The van der Waals surface area contributed by atoms with Gasteiger partial charge in [-0.3, -0.25) is 4.98 Å². The van der Waals surface area contributed by atoms with E-state index in [0.717, 1.165) is 38.3 Å². The molecule has 0 radical (unpaired) electrons. The van der Waals surface area contributed by atoms with Crippen LogP contribution in [0.2, 0.25) is 0 Å². The van der Waals surface area contributed by atoms with E-state index in [1.807, 2.05) is 18.2 Å². The molecular formula is C12H13BrN2OS. The Bertz CT molecular complexity index is 533. The number of nitrogen functional groups attached to an aromatic ring is 1. The summed E-state index contributed by atoms with van der Waals surface area (Å²) in [5.41, 5.74) is 7.66. The third-order valence-electron chi connectivity index (χ3n) is 2.36. The monoisotopic (exact) mass is 312 g/mol. The van der Waals surface area contributed by atoms with Crippen LogP contribution >= 0.6 is 27.7 Å². The van der Waals surface area contributed by atoms with Crippen LogP contribution in [-0.4, -0.2) is 24.5 Å². The Morgan fingerprint density at radius 1 is 1.47 bits per heavy atom. The minimum atomic E-state index is 0.729. The van der Waals surface area contributed by atoms with Crippen molar-refractivity contribution in [2.24, 2.45) is 0 Å². The Labute approximate surface area is 113 Å². The molecule has 0 aliphatic heterocycles. The zero-order valence-corrected chi connectivity index (χ0v) is 11.8. The van der Waals surface area contributed by atoms with E-state index in [2.05, 4.69) is 20.9 Å². The Morgan fingerprint density at radius 3 is 3.06 bits per heavy atom. The molecule has 1 aromatic heterocycles. The Balaban J connectivity index is 2.40. The summed E-state index contributed by atoms with van der Waals surface area (Å²) in [6.45, 7) is 0.729. The minimum Gasteiger partial charge on any atom is -0.398 e. The molecule has 0 unspecified atom stereocenters. The summed E-state index contributed by atoms with van der Waals surface area (Å²) in [5.74, 6) is 0.910. The highest BCUT2D eigenvalue weighted by Crippen LogP contribution is 2.31. The fourth-order valence-corrected chi connectivity index (χ4v) is 2.81. The van der Waals surface area contributed by atoms with Crippen molar-refractivity contribution in [1.82, 2.24) is 4.98 Å². The Kier molecular flexibility index (Phi) is 4.25. The van der Waals surface area contributed by atoms with Gasteiger partial charge in [0.25, 0.3) is 0 Å². The van der Waals surface area contributed by atoms with Gasteiger partial charge in [0, 0.05) is 39.5 Å². The highest BCUT2D eigenvalue weighted by molar-refractivity contribution is 9.10. The van der Waals surface area contributed by atoms with Crippen molar-refractivity contribution in [2.75, 3.05) is 25.2 Å². The molecule has 0 fully saturated rings. The zero-order chi connectivity index (χ0) is 12.3. The number of rotatable bonds is 4. The largest absolute Gasteiger partial charge is 0.398 e. The smallest absolute Gasteiger partial charge is 0.0859 e. The predicted octanol–water partition coefficient (Wildman–Crippen LogP) is 3.32. The first-order chi connectivity index (χ1) is 8.22. The maximum absolute atomic E-state index is 5.95. The fraction of sp³-hybridized carbons (Fsp3) is 0.250. The lowest BCUT2D eigenvalue weighted by Crippen LogP contribution is -1.94. The van der Waals surface area contributed by atoms with Crippen LogP contribution in [0, 0.1) is 0 Å². The van der Waals surface area contributed by atoms with Crippen LogP contribution < -0.4 is 5.73 Å². The van der Waals surface area contributed by atoms with E-state index in [9.17, 15) is 0 Å². The first-order valence-corrected chi connectivity index (χ1v) is 6.95. The van der Waals surface area contributed by atoms with E-state index in [1.54, 1.807) is 25.1 Å². The second-order valence-corrected chi connectivity index (χ2v) is 5.60. The predicted molar refractivity (Wildman–Crippen MR) is 76.5 cm³/mol. The number of pyridine rings is 1. The summed E-state index contributed by atoms with van der Waals surface area (Å²) in [4.78, 5) is 5.57. The number of fused-ring (bicyclic) bond motifs is 1. The van der Waals surface area contributed by atoms with Gasteiger partial charge in [-0.25, -0.2) is 0 Å². The average molecular weight is 313 g/mol. The number of hydrogen-bond acceptors (Lipinski definition) is 4. The minimum absolute atomic E-state index is 0.729. The number of hydrogen-bond donors (Lipinski definition) is 1. The lowest BCUT2D eigenvalue weighted by molar-refractivity contribution is 0.218. The second-order valence-electron chi connectivity index (χ2n) is 3.54. The van der Waals surface area contributed by atoms with Gasteiger partial charge in [0.1, 0.15) is 0 Å². The van der Waals surface area contributed by atoms with Gasteiger partial charge < -0.3 is 10.5 Å². The van der Waals surface area contributed by atoms with Gasteiger partial charge in [0.2, 0.25) is 0 Å². The summed E-state index contributed by atoms with van der Waals surface area (Å²) < 4.78 is 5.99. The number of methoxy groups -OCH3 is 1. The molecule has 1 aromatic carbocycles. The number of ether oxygens (including phenoxy) is 1. The van der Waals surface area contributed by atoms with Gasteiger partial charge in [-0.2, -0.15) is 0 Å². The Morgan fingerprint density at radius 2 is 2.29 bits per heavy atom. The van der Waals surface area contributed by atoms with E-state index < -0.39 is 0 Å². The second kappa shape index (κ2) is 5.71. The number of anilines is 1. The van der Waals surface area contributed by atoms with E-state index in [0.29, 0.717) is 0 Å². The summed E-state index contributed by atoms with van der Waals surface area (Å²) in [6, 6.07) is 5.93. The topological polar surface area (TPSA) is 48.1 Å². The lowest BCUT2D eigenvalue weighted by Gasteiger charge is -2.07. The molecule has 0 saturated heterocycles. The fourth-order valence-electron chi connectivity index (χ4n) is 1.54. The van der Waals surface area contributed by atoms with Crippen LogP contribution in [-0.2, 0) is 4.74 Å². The number of aromatic nitrogens is 1. The summed E-state index contributed by atoms with van der Waals surface area (Å²) in [6.07, 6.45) is 1.79. The van der Waals surface area contributed by atoms with Crippen molar-refractivity contribution in [2.45, 2.75) is 4.90 Å². The summed E-state index contributed by atoms with van der Waals surface area (Å²) in [5, 5.41) is 0.988. The molecule has 1 heterocycles. The van der Waals surface area contributed by atoms with E-state index >= 15 is 0 Å². The maximum atomic E-state index is 5.95. The van der Waals surface area contributed by atoms with Crippen molar-refractivity contribution >= 4 is 44.3 Å². The first kappa shape index (κ1) is 12.7. The zero-order valence-electron chi connectivity index (χ0n) is 9.44. The summed E-state index contributed by atoms with van der Waals surface area (Å²) in [7, 11) is 1.71. The van der Waals surface area contributed by atoms with Crippen molar-refractivity contribution in [3.63, 3.8) is 0 Å². The van der Waals surface area contributed by atoms with Crippen LogP contribution in [0.5, 0.6) is 0 Å². The number of halogens is 1. The molecule has 17 heavy (non-hydrogen) atoms. The van der Waals surface area contributed by atoms with Crippen LogP contribution in [0.1, 0.15) is 0 Å². The van der Waals surface area contributed by atoms with Crippen LogP contribution in [0.3, 0.4) is 0 Å². The van der Waals surface area contributed by atoms with E-state index in [-0.39, 0.29) is 0 Å². The quantitative estimate of drug-likeness (QED) is 0.534. The van der Waals surface area contributed by atoms with Gasteiger partial charge in [0.15, 0.2) is 0 Å². The van der Waals surface area contributed by atoms with Gasteiger partial charge in [-0.15, -0.1) is 11.8 Å². The SMILES string of the molecule is COCCSc1ccc(N)c2cc(Br)cnc12. The third kappa shape index (κ3) is 2.91. The molecule has 0 saturated carbocycles. The van der Waals surface area contributed by atoms with Gasteiger partial charge in [0.05, 0.1) is 12.1 Å². The average Bonchev–Trinajstić information content (AvgIpc) is 2.33. The standard InChI is InChI=1S/C12H13BrN2OS/c1-16-4-5-17-11-3-2-10(14)9-6-8(13)7-15-12(9)11/h2-3,6-7H,4-5,14H2,1H3. The molecule has 90 valence electrons. The molecule has 0 amide bonds. The number of benzene rings is 1. The van der Waals surface area contributed by atoms with Crippen LogP contribution in [0.25, 0.3) is 10.9 Å². The van der Waals surface area contributed by atoms with Gasteiger partial charge in [-0.05, 0) is 34.1 Å². The first-order valence-electron chi connectivity index (χ1n) is 5.18. The van der Waals surface area contributed by atoms with Crippen molar-refractivity contribution < 1.29 is 4.74 Å². The Hall–Kier alpha value is -0.780. The van der Waals surface area contributed by atoms with Gasteiger partial charge >= 0.3 is 0 Å². The number of nitrogens with two attached hydrogens (primary N) is 1. The lowest BCUT2D eigenvalue weighted by atomic mass is 10.2. The maximum Gasteiger partial charge on any atom is 0.0859 e. The van der Waals surface area contributed by atoms with Crippen molar-refractivity contribution in [1.29, 1.82) is 0 Å². The number of thioether (sulfide) groups is 1. The molecule has 0 atom stereocenters. The van der Waals surface area contributed by atoms with E-state index in [4.69, 9.17) is 10.5 Å². The molecule has 0 aliphatic rings. The highest BCUT2D eigenvalue weighted by atomic mass is 79.9. The highest BCUT2D eigenvalue weighted by Gasteiger charge is 2.06. The number of nitrogens with zero attached hydrogens (tertiary/aromatic N) is 1. The molecule has 0 spiro atoms. The van der Waals surface area contributed by atoms with Crippen LogP contribution in [0.4, 0.5) is 5.69 Å². The molecule has 5 heteroatoms. The molecule has 2 aromatic rings. The molecule has 2 rings (SSSR count). The van der Waals surface area contributed by atoms with Gasteiger partial charge in [-0.1, -0.05) is 0 Å². The third-order valence-corrected chi connectivity index (χ3v) is 3.80. The van der Waals surface area contributed by atoms with Crippen LogP contribution in [0.15, 0.2) is 33.8 Å².